The molecule has 0 saturated carbocycles. The summed E-state index contributed by atoms with van der Waals surface area (Å²) in [5.41, 5.74) is 1.19. The van der Waals surface area contributed by atoms with Crippen molar-refractivity contribution in [2.75, 3.05) is 20.2 Å². The molecule has 1 fully saturated rings. The molecule has 2 aliphatic heterocycles. The van der Waals surface area contributed by atoms with E-state index in [2.05, 4.69) is 5.32 Å². The Bertz CT molecular complexity index is 467. The van der Waals surface area contributed by atoms with Crippen molar-refractivity contribution >= 4 is 0 Å². The van der Waals surface area contributed by atoms with Crippen LogP contribution >= 0.6 is 0 Å². The molecule has 2 bridgehead atoms. The molecule has 1 N–H and O–H groups in total. The monoisotopic (exact) mass is 220 g/mol. The van der Waals surface area contributed by atoms with Crippen molar-refractivity contribution in [3.63, 3.8) is 0 Å². The molecule has 2 unspecified atom stereocenters. The lowest BCUT2D eigenvalue weighted by Crippen LogP contribution is -2.44. The first-order valence-electron chi connectivity index (χ1n) is 5.78. The zero-order valence-electron chi connectivity index (χ0n) is 9.40. The van der Waals surface area contributed by atoms with E-state index in [0.717, 1.165) is 25.3 Å². The third-order valence-corrected chi connectivity index (χ3v) is 3.69. The second-order valence-electron chi connectivity index (χ2n) is 4.70. The Morgan fingerprint density at radius 3 is 3.12 bits per heavy atom. The maximum absolute atomic E-state index is 12.1. The molecule has 0 aromatic carbocycles. The number of nitrogens with zero attached hydrogens (tertiary/aromatic N) is 1. The Kier molecular flexibility index (Phi) is 2.24. The molecule has 1 aromatic rings. The smallest absolute Gasteiger partial charge is 0.293 e. The number of fused-ring (bicyclic) bond motifs is 4. The highest BCUT2D eigenvalue weighted by atomic mass is 16.5. The largest absolute Gasteiger partial charge is 0.491 e. The van der Waals surface area contributed by atoms with E-state index < -0.39 is 0 Å². The van der Waals surface area contributed by atoms with Gasteiger partial charge >= 0.3 is 0 Å². The van der Waals surface area contributed by atoms with E-state index in [-0.39, 0.29) is 5.56 Å². The van der Waals surface area contributed by atoms with Gasteiger partial charge in [-0.15, -0.1) is 0 Å². The van der Waals surface area contributed by atoms with Crippen molar-refractivity contribution in [1.82, 2.24) is 9.88 Å². The number of methoxy groups -OCH3 is 1. The van der Waals surface area contributed by atoms with E-state index in [9.17, 15) is 4.79 Å². The minimum atomic E-state index is 0.0246. The van der Waals surface area contributed by atoms with Gasteiger partial charge in [-0.2, -0.15) is 0 Å². The number of piperidine rings is 1. The van der Waals surface area contributed by atoms with E-state index in [1.807, 2.05) is 10.6 Å². The number of hydrogen-bond donors (Lipinski definition) is 1. The average molecular weight is 220 g/mol. The predicted octanol–water partition coefficient (Wildman–Crippen LogP) is 0.564. The Morgan fingerprint density at radius 1 is 1.44 bits per heavy atom. The van der Waals surface area contributed by atoms with Crippen molar-refractivity contribution in [2.24, 2.45) is 5.92 Å². The van der Waals surface area contributed by atoms with E-state index in [1.165, 1.54) is 6.42 Å². The SMILES string of the molecule is COc1ccc2n(c1=O)CC1CNCC2C1. The lowest BCUT2D eigenvalue weighted by Gasteiger charge is -2.37. The molecule has 0 aliphatic carbocycles. The molecule has 0 amide bonds. The molecule has 0 radical (unpaired) electrons. The van der Waals surface area contributed by atoms with Gasteiger partial charge in [0.05, 0.1) is 7.11 Å². The van der Waals surface area contributed by atoms with Gasteiger partial charge in [0.2, 0.25) is 0 Å². The van der Waals surface area contributed by atoms with Gasteiger partial charge in [-0.05, 0) is 31.0 Å². The fourth-order valence-corrected chi connectivity index (χ4v) is 2.93. The summed E-state index contributed by atoms with van der Waals surface area (Å²) in [7, 11) is 1.55. The minimum absolute atomic E-state index is 0.0246. The summed E-state index contributed by atoms with van der Waals surface area (Å²) in [5, 5.41) is 3.43. The summed E-state index contributed by atoms with van der Waals surface area (Å²) in [6.45, 7) is 2.84. The van der Waals surface area contributed by atoms with Crippen molar-refractivity contribution in [3.8, 4) is 5.75 Å². The maximum Gasteiger partial charge on any atom is 0.293 e. The quantitative estimate of drug-likeness (QED) is 0.752. The molecule has 2 atom stereocenters. The predicted molar refractivity (Wildman–Crippen MR) is 61.0 cm³/mol. The van der Waals surface area contributed by atoms with Crippen LogP contribution in [0.25, 0.3) is 0 Å². The third-order valence-electron chi connectivity index (χ3n) is 3.69. The van der Waals surface area contributed by atoms with Crippen LogP contribution in [0.1, 0.15) is 18.0 Å². The molecule has 1 saturated heterocycles. The third kappa shape index (κ3) is 1.37. The molecule has 3 rings (SSSR count). The first-order chi connectivity index (χ1) is 7.79. The van der Waals surface area contributed by atoms with Gasteiger partial charge in [-0.1, -0.05) is 0 Å². The van der Waals surface area contributed by atoms with Crippen LogP contribution in [0.4, 0.5) is 0 Å². The number of aromatic nitrogens is 1. The molecule has 4 heteroatoms. The van der Waals surface area contributed by atoms with Crippen LogP contribution in [0.15, 0.2) is 16.9 Å². The van der Waals surface area contributed by atoms with Crippen LogP contribution in [-0.4, -0.2) is 24.8 Å². The van der Waals surface area contributed by atoms with Gasteiger partial charge in [-0.25, -0.2) is 0 Å². The fourth-order valence-electron chi connectivity index (χ4n) is 2.93. The van der Waals surface area contributed by atoms with E-state index in [1.54, 1.807) is 13.2 Å². The molecule has 3 heterocycles. The summed E-state index contributed by atoms with van der Waals surface area (Å²) in [6, 6.07) is 3.83. The highest BCUT2D eigenvalue weighted by Gasteiger charge is 2.31. The topological polar surface area (TPSA) is 43.3 Å². The van der Waals surface area contributed by atoms with Gasteiger partial charge < -0.3 is 14.6 Å². The second-order valence-corrected chi connectivity index (χ2v) is 4.70. The number of hydrogen-bond acceptors (Lipinski definition) is 3. The zero-order chi connectivity index (χ0) is 11.1. The van der Waals surface area contributed by atoms with Crippen LogP contribution in [-0.2, 0) is 6.54 Å². The first-order valence-corrected chi connectivity index (χ1v) is 5.78. The number of pyridine rings is 1. The number of rotatable bonds is 1. The van der Waals surface area contributed by atoms with Crippen LogP contribution in [0.3, 0.4) is 0 Å². The van der Waals surface area contributed by atoms with Crippen LogP contribution in [0.2, 0.25) is 0 Å². The normalized spacial score (nSPS) is 27.3. The molecule has 16 heavy (non-hydrogen) atoms. The second kappa shape index (κ2) is 3.63. The maximum atomic E-state index is 12.1. The Hall–Kier alpha value is -1.29. The molecular formula is C12H16N2O2. The lowest BCUT2D eigenvalue weighted by molar-refractivity contribution is 0.254. The summed E-state index contributed by atoms with van der Waals surface area (Å²) in [4.78, 5) is 12.1. The van der Waals surface area contributed by atoms with Crippen molar-refractivity contribution in [2.45, 2.75) is 18.9 Å². The highest BCUT2D eigenvalue weighted by Crippen LogP contribution is 2.32. The van der Waals surface area contributed by atoms with E-state index in [0.29, 0.717) is 17.6 Å². The zero-order valence-corrected chi connectivity index (χ0v) is 9.40. The number of ether oxygens (including phenoxy) is 1. The molecule has 0 spiro atoms. The van der Waals surface area contributed by atoms with E-state index in [4.69, 9.17) is 4.74 Å². The van der Waals surface area contributed by atoms with Crippen molar-refractivity contribution in [1.29, 1.82) is 0 Å². The molecule has 2 aliphatic rings. The summed E-state index contributed by atoms with van der Waals surface area (Å²) < 4.78 is 6.99. The summed E-state index contributed by atoms with van der Waals surface area (Å²) in [6.07, 6.45) is 1.21. The Morgan fingerprint density at radius 2 is 2.31 bits per heavy atom. The van der Waals surface area contributed by atoms with Gasteiger partial charge in [-0.3, -0.25) is 4.79 Å². The lowest BCUT2D eigenvalue weighted by atomic mass is 9.84. The van der Waals surface area contributed by atoms with Gasteiger partial charge in [0.15, 0.2) is 5.75 Å². The average Bonchev–Trinajstić information content (AvgIpc) is 2.31. The Labute approximate surface area is 94.2 Å². The minimum Gasteiger partial charge on any atom is -0.491 e. The number of nitrogens with one attached hydrogen (secondary N) is 1. The van der Waals surface area contributed by atoms with Gasteiger partial charge in [0.1, 0.15) is 0 Å². The van der Waals surface area contributed by atoms with Crippen LogP contribution < -0.4 is 15.6 Å². The summed E-state index contributed by atoms with van der Waals surface area (Å²) in [5.74, 6) is 1.54. The Balaban J connectivity index is 2.13. The molecule has 4 nitrogen and oxygen atoms in total. The van der Waals surface area contributed by atoms with Crippen molar-refractivity contribution < 1.29 is 4.74 Å². The van der Waals surface area contributed by atoms with Crippen LogP contribution in [0.5, 0.6) is 5.75 Å². The highest BCUT2D eigenvalue weighted by molar-refractivity contribution is 5.25. The molecule has 1 aromatic heterocycles. The van der Waals surface area contributed by atoms with Gasteiger partial charge in [0, 0.05) is 24.7 Å². The summed E-state index contributed by atoms with van der Waals surface area (Å²) >= 11 is 0. The van der Waals surface area contributed by atoms with E-state index >= 15 is 0 Å². The standard InChI is InChI=1S/C12H16N2O2/c1-16-11-3-2-10-9-4-8(5-13-6-9)7-14(10)12(11)15/h2-3,8-9,13H,4-7H2,1H3. The molecular weight excluding hydrogens is 204 g/mol. The first kappa shape index (κ1) is 9.90. The van der Waals surface area contributed by atoms with Gasteiger partial charge in [0.25, 0.3) is 5.56 Å². The fraction of sp³-hybridized carbons (Fsp3) is 0.583. The van der Waals surface area contributed by atoms with Crippen LogP contribution in [0, 0.1) is 5.92 Å². The van der Waals surface area contributed by atoms with Crippen molar-refractivity contribution in [3.05, 3.63) is 28.2 Å². The molecule has 86 valence electrons.